The van der Waals surface area contributed by atoms with Gasteiger partial charge in [-0.3, -0.25) is 0 Å². The van der Waals surface area contributed by atoms with Crippen LogP contribution in [0.1, 0.15) is 39.0 Å². The molecular weight excluding hydrogens is 248 g/mol. The van der Waals surface area contributed by atoms with E-state index in [0.717, 1.165) is 19.3 Å². The Hall–Kier alpha value is -1.30. The predicted molar refractivity (Wildman–Crippen MR) is 71.0 cm³/mol. The maximum Gasteiger partial charge on any atom is 0.326 e. The normalized spacial score (nSPS) is 23.9. The lowest BCUT2D eigenvalue weighted by molar-refractivity contribution is -0.139. The molecule has 0 radical (unpaired) electrons. The van der Waals surface area contributed by atoms with E-state index in [4.69, 9.17) is 9.84 Å². The van der Waals surface area contributed by atoms with Gasteiger partial charge in [0.15, 0.2) is 0 Å². The van der Waals surface area contributed by atoms with Crippen molar-refractivity contribution in [1.82, 2.24) is 10.6 Å². The van der Waals surface area contributed by atoms with Crippen LogP contribution in [0.15, 0.2) is 0 Å². The molecule has 0 bridgehead atoms. The fraction of sp³-hybridized carbons (Fsp3) is 0.846. The molecule has 0 spiro atoms. The molecular formula is C13H24N2O4. The van der Waals surface area contributed by atoms with Crippen molar-refractivity contribution in [3.63, 3.8) is 0 Å². The van der Waals surface area contributed by atoms with Gasteiger partial charge >= 0.3 is 12.0 Å². The van der Waals surface area contributed by atoms with Gasteiger partial charge in [0.05, 0.1) is 0 Å². The van der Waals surface area contributed by atoms with E-state index in [2.05, 4.69) is 17.6 Å². The van der Waals surface area contributed by atoms with Crippen molar-refractivity contribution in [2.24, 2.45) is 5.92 Å². The van der Waals surface area contributed by atoms with Gasteiger partial charge in [-0.2, -0.15) is 0 Å². The molecule has 110 valence electrons. The smallest absolute Gasteiger partial charge is 0.326 e. The topological polar surface area (TPSA) is 87.7 Å². The van der Waals surface area contributed by atoms with Crippen molar-refractivity contribution in [3.05, 3.63) is 0 Å². The molecule has 3 N–H and O–H groups in total. The number of carbonyl (C=O) groups excluding carboxylic acids is 1. The summed E-state index contributed by atoms with van der Waals surface area (Å²) in [5.74, 6) is -0.548. The number of amides is 2. The van der Waals surface area contributed by atoms with Crippen LogP contribution >= 0.6 is 0 Å². The Bertz CT molecular complexity index is 309. The van der Waals surface area contributed by atoms with Gasteiger partial charge in [0.25, 0.3) is 0 Å². The van der Waals surface area contributed by atoms with Crippen LogP contribution in [0.4, 0.5) is 4.79 Å². The highest BCUT2D eigenvalue weighted by atomic mass is 16.5. The molecule has 1 rings (SSSR count). The molecule has 0 aromatic rings. The molecule has 1 fully saturated rings. The Labute approximate surface area is 113 Å². The van der Waals surface area contributed by atoms with Crippen LogP contribution in [0.5, 0.6) is 0 Å². The number of aliphatic carboxylic acids is 1. The molecule has 3 unspecified atom stereocenters. The molecule has 6 nitrogen and oxygen atoms in total. The number of carboxylic acid groups (broad SMARTS) is 1. The number of hydrogen-bond acceptors (Lipinski definition) is 3. The highest BCUT2D eigenvalue weighted by molar-refractivity contribution is 5.82. The first-order chi connectivity index (χ1) is 9.04. The zero-order valence-corrected chi connectivity index (χ0v) is 11.6. The van der Waals surface area contributed by atoms with Gasteiger partial charge in [-0.15, -0.1) is 0 Å². The van der Waals surface area contributed by atoms with Gasteiger partial charge in [-0.25, -0.2) is 9.59 Å². The van der Waals surface area contributed by atoms with Crippen LogP contribution < -0.4 is 10.6 Å². The third kappa shape index (κ3) is 5.46. The maximum atomic E-state index is 11.8. The molecule has 2 amide bonds. The van der Waals surface area contributed by atoms with E-state index < -0.39 is 12.0 Å². The minimum atomic E-state index is -1.01. The van der Waals surface area contributed by atoms with E-state index in [1.54, 1.807) is 7.11 Å². The number of urea groups is 1. The van der Waals surface area contributed by atoms with Gasteiger partial charge in [0, 0.05) is 19.8 Å². The summed E-state index contributed by atoms with van der Waals surface area (Å²) in [7, 11) is 1.57. The van der Waals surface area contributed by atoms with Crippen LogP contribution in [0.2, 0.25) is 0 Å². The number of carbonyl (C=O) groups is 2. The van der Waals surface area contributed by atoms with Crippen molar-refractivity contribution in [3.8, 4) is 0 Å². The predicted octanol–water partition coefficient (Wildman–Crippen LogP) is 1.35. The Morgan fingerprint density at radius 2 is 2.16 bits per heavy atom. The summed E-state index contributed by atoms with van der Waals surface area (Å²) in [5, 5.41) is 14.4. The first-order valence-corrected chi connectivity index (χ1v) is 6.83. The molecule has 3 atom stereocenters. The average molecular weight is 272 g/mol. The lowest BCUT2D eigenvalue weighted by Gasteiger charge is -2.20. The second kappa shape index (κ2) is 7.99. The minimum Gasteiger partial charge on any atom is -0.480 e. The molecule has 6 heteroatoms. The van der Waals surface area contributed by atoms with Crippen LogP contribution in [-0.4, -0.2) is 42.9 Å². The van der Waals surface area contributed by atoms with E-state index in [1.165, 1.54) is 0 Å². The fourth-order valence-corrected chi connectivity index (χ4v) is 2.42. The second-order valence-corrected chi connectivity index (χ2v) is 5.16. The zero-order valence-electron chi connectivity index (χ0n) is 11.6. The molecule has 19 heavy (non-hydrogen) atoms. The van der Waals surface area contributed by atoms with Crippen LogP contribution in [-0.2, 0) is 9.53 Å². The first kappa shape index (κ1) is 15.8. The SMILES string of the molecule is COCCCC(NC(=O)NC1CCCC1C)C(=O)O. The molecule has 1 saturated carbocycles. The molecule has 1 aliphatic rings. The van der Waals surface area contributed by atoms with Gasteiger partial charge in [0.1, 0.15) is 6.04 Å². The lowest BCUT2D eigenvalue weighted by atomic mass is 10.1. The van der Waals surface area contributed by atoms with E-state index in [-0.39, 0.29) is 12.1 Å². The summed E-state index contributed by atoms with van der Waals surface area (Å²) in [4.78, 5) is 22.8. The highest BCUT2D eigenvalue weighted by Gasteiger charge is 2.26. The van der Waals surface area contributed by atoms with E-state index in [0.29, 0.717) is 25.4 Å². The van der Waals surface area contributed by atoms with Crippen LogP contribution in [0.3, 0.4) is 0 Å². The van der Waals surface area contributed by atoms with E-state index in [1.807, 2.05) is 0 Å². The summed E-state index contributed by atoms with van der Waals surface area (Å²) in [5.41, 5.74) is 0. The molecule has 0 aliphatic heterocycles. The number of carboxylic acids is 1. The van der Waals surface area contributed by atoms with Gasteiger partial charge in [0.2, 0.25) is 0 Å². The lowest BCUT2D eigenvalue weighted by Crippen LogP contribution is -2.49. The van der Waals surface area contributed by atoms with Gasteiger partial charge in [-0.1, -0.05) is 13.3 Å². The molecule has 0 saturated heterocycles. The number of hydrogen-bond donors (Lipinski definition) is 3. The van der Waals surface area contributed by atoms with Crippen molar-refractivity contribution in [1.29, 1.82) is 0 Å². The maximum absolute atomic E-state index is 11.8. The zero-order chi connectivity index (χ0) is 14.3. The summed E-state index contributed by atoms with van der Waals surface area (Å²) < 4.78 is 4.88. The molecule has 0 heterocycles. The number of rotatable bonds is 7. The first-order valence-electron chi connectivity index (χ1n) is 6.83. The highest BCUT2D eigenvalue weighted by Crippen LogP contribution is 2.24. The minimum absolute atomic E-state index is 0.161. The molecule has 0 aromatic carbocycles. The summed E-state index contributed by atoms with van der Waals surface area (Å²) in [6.45, 7) is 2.60. The van der Waals surface area contributed by atoms with Gasteiger partial charge in [-0.05, 0) is 31.6 Å². The van der Waals surface area contributed by atoms with Crippen molar-refractivity contribution >= 4 is 12.0 Å². The van der Waals surface area contributed by atoms with Crippen molar-refractivity contribution in [2.75, 3.05) is 13.7 Å². The Balaban J connectivity index is 2.35. The summed E-state index contributed by atoms with van der Waals surface area (Å²) in [6, 6.07) is -1.08. The number of ether oxygens (including phenoxy) is 1. The van der Waals surface area contributed by atoms with Crippen molar-refractivity contribution < 1.29 is 19.4 Å². The Morgan fingerprint density at radius 3 is 2.68 bits per heavy atom. The van der Waals surface area contributed by atoms with Crippen molar-refractivity contribution in [2.45, 2.75) is 51.1 Å². The van der Waals surface area contributed by atoms with E-state index in [9.17, 15) is 9.59 Å². The second-order valence-electron chi connectivity index (χ2n) is 5.16. The largest absolute Gasteiger partial charge is 0.480 e. The summed E-state index contributed by atoms with van der Waals surface area (Å²) in [6.07, 6.45) is 4.17. The monoisotopic (exact) mass is 272 g/mol. The third-order valence-corrected chi connectivity index (χ3v) is 3.62. The summed E-state index contributed by atoms with van der Waals surface area (Å²) >= 11 is 0. The standard InChI is InChI=1S/C13H24N2O4/c1-9-5-3-6-10(9)14-13(18)15-11(12(16)17)7-4-8-19-2/h9-11H,3-8H2,1-2H3,(H,16,17)(H2,14,15,18). The Kier molecular flexibility index (Phi) is 6.62. The number of nitrogens with one attached hydrogen (secondary N) is 2. The molecule has 0 aromatic heterocycles. The van der Waals surface area contributed by atoms with Crippen LogP contribution in [0.25, 0.3) is 0 Å². The van der Waals surface area contributed by atoms with Crippen LogP contribution in [0, 0.1) is 5.92 Å². The number of methoxy groups -OCH3 is 1. The fourth-order valence-electron chi connectivity index (χ4n) is 2.42. The van der Waals surface area contributed by atoms with Gasteiger partial charge < -0.3 is 20.5 Å². The molecule has 1 aliphatic carbocycles. The average Bonchev–Trinajstić information content (AvgIpc) is 2.74. The van der Waals surface area contributed by atoms with E-state index >= 15 is 0 Å². The third-order valence-electron chi connectivity index (χ3n) is 3.62. The Morgan fingerprint density at radius 1 is 1.42 bits per heavy atom. The quantitative estimate of drug-likeness (QED) is 0.610.